The van der Waals surface area contributed by atoms with E-state index in [0.717, 1.165) is 21.7 Å². The van der Waals surface area contributed by atoms with Crippen LogP contribution in [-0.4, -0.2) is 10.9 Å². The lowest BCUT2D eigenvalue weighted by Crippen LogP contribution is -2.13. The van der Waals surface area contributed by atoms with Crippen LogP contribution >= 0.6 is 15.9 Å². The van der Waals surface area contributed by atoms with E-state index in [1.807, 2.05) is 25.1 Å². The van der Waals surface area contributed by atoms with Crippen molar-refractivity contribution >= 4 is 27.5 Å². The predicted molar refractivity (Wildman–Crippen MR) is 72.3 cm³/mol. The molecule has 18 heavy (non-hydrogen) atoms. The van der Waals surface area contributed by atoms with Crippen molar-refractivity contribution in [1.82, 2.24) is 4.98 Å². The molecule has 0 radical (unpaired) electrons. The summed E-state index contributed by atoms with van der Waals surface area (Å²) in [5.74, 6) is 0.773. The molecule has 1 amide bonds. The van der Waals surface area contributed by atoms with Gasteiger partial charge >= 0.3 is 0 Å². The van der Waals surface area contributed by atoms with Crippen LogP contribution in [-0.2, 0) is 11.2 Å². The third kappa shape index (κ3) is 3.43. The molecule has 0 aliphatic heterocycles. The van der Waals surface area contributed by atoms with Crippen LogP contribution in [0.15, 0.2) is 39.5 Å². The molecule has 2 rings (SSSR count). The van der Waals surface area contributed by atoms with Crippen LogP contribution in [0.4, 0.5) is 5.69 Å². The SMILES string of the molecule is Cc1nc(Br)ccc1NC(=O)CCc1ccco1. The number of nitrogens with one attached hydrogen (secondary N) is 1. The van der Waals surface area contributed by atoms with Crippen LogP contribution < -0.4 is 5.32 Å². The number of halogens is 1. The quantitative estimate of drug-likeness (QED) is 0.882. The minimum Gasteiger partial charge on any atom is -0.469 e. The Kier molecular flexibility index (Phi) is 4.15. The molecule has 0 spiro atoms. The second kappa shape index (κ2) is 5.82. The van der Waals surface area contributed by atoms with Gasteiger partial charge in [-0.25, -0.2) is 4.98 Å². The Labute approximate surface area is 114 Å². The summed E-state index contributed by atoms with van der Waals surface area (Å²) in [7, 11) is 0. The van der Waals surface area contributed by atoms with Gasteiger partial charge in [0.15, 0.2) is 0 Å². The van der Waals surface area contributed by atoms with Gasteiger partial charge in [0.2, 0.25) is 5.91 Å². The van der Waals surface area contributed by atoms with E-state index in [9.17, 15) is 4.79 Å². The van der Waals surface area contributed by atoms with E-state index in [2.05, 4.69) is 26.2 Å². The van der Waals surface area contributed by atoms with Crippen molar-refractivity contribution in [3.63, 3.8) is 0 Å². The van der Waals surface area contributed by atoms with Gasteiger partial charge in [-0.2, -0.15) is 0 Å². The molecule has 0 fully saturated rings. The number of amides is 1. The average molecular weight is 309 g/mol. The molecule has 0 atom stereocenters. The van der Waals surface area contributed by atoms with Crippen LogP contribution in [0.25, 0.3) is 0 Å². The maximum atomic E-state index is 11.8. The first-order valence-electron chi connectivity index (χ1n) is 5.60. The summed E-state index contributed by atoms with van der Waals surface area (Å²) < 4.78 is 5.93. The topological polar surface area (TPSA) is 55.1 Å². The Morgan fingerprint density at radius 1 is 1.44 bits per heavy atom. The van der Waals surface area contributed by atoms with Crippen molar-refractivity contribution in [2.24, 2.45) is 0 Å². The Hall–Kier alpha value is -1.62. The number of nitrogens with zero attached hydrogens (tertiary/aromatic N) is 1. The highest BCUT2D eigenvalue weighted by atomic mass is 79.9. The molecule has 0 unspecified atom stereocenters. The van der Waals surface area contributed by atoms with Crippen molar-refractivity contribution in [2.45, 2.75) is 19.8 Å². The molecule has 0 aliphatic rings. The minimum atomic E-state index is -0.0429. The minimum absolute atomic E-state index is 0.0429. The monoisotopic (exact) mass is 308 g/mol. The second-order valence-corrected chi connectivity index (χ2v) is 4.71. The van der Waals surface area contributed by atoms with E-state index < -0.39 is 0 Å². The summed E-state index contributed by atoms with van der Waals surface area (Å²) in [6.07, 6.45) is 2.60. The zero-order valence-corrected chi connectivity index (χ0v) is 11.5. The van der Waals surface area contributed by atoms with E-state index in [1.54, 1.807) is 12.3 Å². The Morgan fingerprint density at radius 3 is 2.94 bits per heavy atom. The molecule has 2 heterocycles. The lowest BCUT2D eigenvalue weighted by molar-refractivity contribution is -0.116. The maximum Gasteiger partial charge on any atom is 0.224 e. The second-order valence-electron chi connectivity index (χ2n) is 3.89. The van der Waals surface area contributed by atoms with Crippen molar-refractivity contribution < 1.29 is 9.21 Å². The number of carbonyl (C=O) groups excluding carboxylic acids is 1. The van der Waals surface area contributed by atoms with Gasteiger partial charge in [-0.3, -0.25) is 4.79 Å². The first kappa shape index (κ1) is 12.8. The molecule has 5 heteroatoms. The first-order valence-corrected chi connectivity index (χ1v) is 6.40. The number of furan rings is 1. The van der Waals surface area contributed by atoms with Gasteiger partial charge in [0.1, 0.15) is 10.4 Å². The molecule has 0 aliphatic carbocycles. The Bertz CT molecular complexity index is 538. The standard InChI is InChI=1S/C13H13BrN2O2/c1-9-11(5-6-12(14)15-9)16-13(17)7-4-10-3-2-8-18-10/h2-3,5-6,8H,4,7H2,1H3,(H,16,17). The highest BCUT2D eigenvalue weighted by Gasteiger charge is 2.07. The van der Waals surface area contributed by atoms with Gasteiger partial charge in [-0.05, 0) is 47.1 Å². The highest BCUT2D eigenvalue weighted by Crippen LogP contribution is 2.16. The van der Waals surface area contributed by atoms with Crippen molar-refractivity contribution in [2.75, 3.05) is 5.32 Å². The zero-order chi connectivity index (χ0) is 13.0. The molecule has 0 saturated carbocycles. The molecular formula is C13H13BrN2O2. The maximum absolute atomic E-state index is 11.8. The van der Waals surface area contributed by atoms with E-state index in [1.165, 1.54) is 0 Å². The normalized spacial score (nSPS) is 10.3. The number of rotatable bonds is 4. The van der Waals surface area contributed by atoms with Crippen molar-refractivity contribution in [3.05, 3.63) is 46.6 Å². The molecule has 1 N–H and O–H groups in total. The van der Waals surface area contributed by atoms with E-state index in [-0.39, 0.29) is 5.91 Å². The Morgan fingerprint density at radius 2 is 2.28 bits per heavy atom. The van der Waals surface area contributed by atoms with Gasteiger partial charge in [0.05, 0.1) is 17.6 Å². The van der Waals surface area contributed by atoms with Crippen molar-refractivity contribution in [3.8, 4) is 0 Å². The number of carbonyl (C=O) groups is 1. The summed E-state index contributed by atoms with van der Waals surface area (Å²) in [6.45, 7) is 1.85. The molecule has 4 nitrogen and oxygen atoms in total. The summed E-state index contributed by atoms with van der Waals surface area (Å²) in [6, 6.07) is 7.31. The average Bonchev–Trinajstić information content (AvgIpc) is 2.83. The molecule has 0 aromatic carbocycles. The number of aryl methyl sites for hydroxylation is 2. The number of anilines is 1. The summed E-state index contributed by atoms with van der Waals surface area (Å²) >= 11 is 3.28. The highest BCUT2D eigenvalue weighted by molar-refractivity contribution is 9.10. The van der Waals surface area contributed by atoms with Crippen LogP contribution in [0.2, 0.25) is 0 Å². The van der Waals surface area contributed by atoms with E-state index in [0.29, 0.717) is 12.8 Å². The van der Waals surface area contributed by atoms with Gasteiger partial charge < -0.3 is 9.73 Å². The summed E-state index contributed by atoms with van der Waals surface area (Å²) in [5, 5.41) is 2.84. The van der Waals surface area contributed by atoms with E-state index in [4.69, 9.17) is 4.42 Å². The third-order valence-electron chi connectivity index (χ3n) is 2.50. The van der Waals surface area contributed by atoms with Crippen molar-refractivity contribution in [1.29, 1.82) is 0 Å². The fourth-order valence-electron chi connectivity index (χ4n) is 1.57. The predicted octanol–water partition coefficient (Wildman–Crippen LogP) is 3.32. The number of hydrogen-bond donors (Lipinski definition) is 1. The summed E-state index contributed by atoms with van der Waals surface area (Å²) in [5.41, 5.74) is 1.53. The fraction of sp³-hybridized carbons (Fsp3) is 0.231. The molecule has 0 bridgehead atoms. The van der Waals surface area contributed by atoms with Crippen LogP contribution in [0.1, 0.15) is 17.9 Å². The van der Waals surface area contributed by atoms with Gasteiger partial charge in [-0.1, -0.05) is 0 Å². The van der Waals surface area contributed by atoms with Gasteiger partial charge in [0, 0.05) is 12.8 Å². The van der Waals surface area contributed by atoms with Gasteiger partial charge in [0.25, 0.3) is 0 Å². The lowest BCUT2D eigenvalue weighted by atomic mass is 10.2. The van der Waals surface area contributed by atoms with Crippen LogP contribution in [0.3, 0.4) is 0 Å². The molecular weight excluding hydrogens is 296 g/mol. The number of hydrogen-bond acceptors (Lipinski definition) is 3. The number of aromatic nitrogens is 1. The third-order valence-corrected chi connectivity index (χ3v) is 2.95. The Balaban J connectivity index is 1.91. The summed E-state index contributed by atoms with van der Waals surface area (Å²) in [4.78, 5) is 16.0. The van der Waals surface area contributed by atoms with Crippen LogP contribution in [0, 0.1) is 6.92 Å². The van der Waals surface area contributed by atoms with Gasteiger partial charge in [-0.15, -0.1) is 0 Å². The zero-order valence-electron chi connectivity index (χ0n) is 9.94. The smallest absolute Gasteiger partial charge is 0.224 e. The molecule has 2 aromatic heterocycles. The largest absolute Gasteiger partial charge is 0.469 e. The fourth-order valence-corrected chi connectivity index (χ4v) is 1.96. The lowest BCUT2D eigenvalue weighted by Gasteiger charge is -2.07. The first-order chi connectivity index (χ1) is 8.65. The number of pyridine rings is 1. The molecule has 94 valence electrons. The molecule has 0 saturated heterocycles. The van der Waals surface area contributed by atoms with Crippen LogP contribution in [0.5, 0.6) is 0 Å². The van der Waals surface area contributed by atoms with E-state index >= 15 is 0 Å². The molecule has 2 aromatic rings.